The van der Waals surface area contributed by atoms with E-state index in [2.05, 4.69) is 24.1 Å². The van der Waals surface area contributed by atoms with Gasteiger partial charge in [0.1, 0.15) is 11.1 Å². The maximum atomic E-state index is 12.6. The highest BCUT2D eigenvalue weighted by Gasteiger charge is 2.15. The van der Waals surface area contributed by atoms with Crippen molar-refractivity contribution in [1.29, 1.82) is 5.41 Å². The van der Waals surface area contributed by atoms with Crippen LogP contribution in [0.25, 0.3) is 11.0 Å². The molecule has 2 aromatic carbocycles. The van der Waals surface area contributed by atoms with Gasteiger partial charge in [0, 0.05) is 36.8 Å². The van der Waals surface area contributed by atoms with Crippen molar-refractivity contribution in [3.05, 3.63) is 59.1 Å². The Labute approximate surface area is 168 Å². The van der Waals surface area contributed by atoms with Gasteiger partial charge in [0.25, 0.3) is 5.91 Å². The van der Waals surface area contributed by atoms with Crippen LogP contribution in [0.15, 0.2) is 46.9 Å². The molecule has 3 aromatic rings. The van der Waals surface area contributed by atoms with Gasteiger partial charge in [0.05, 0.1) is 0 Å². The SMILES string of the molecule is CCN(CC)c1ccc2cc(C(=O)NCc3ccc4c(c3)OCO4)c(=N)oc2c1. The van der Waals surface area contributed by atoms with E-state index in [-0.39, 0.29) is 23.8 Å². The third-order valence-electron chi connectivity index (χ3n) is 5.02. The number of carbonyl (C=O) groups is 1. The lowest BCUT2D eigenvalue weighted by Crippen LogP contribution is -2.28. The molecule has 4 rings (SSSR count). The molecule has 2 N–H and O–H groups in total. The number of ether oxygens (including phenoxy) is 2. The van der Waals surface area contributed by atoms with Crippen LogP contribution in [0, 0.1) is 5.41 Å². The third kappa shape index (κ3) is 3.76. The number of hydrogen-bond acceptors (Lipinski definition) is 6. The first-order chi connectivity index (χ1) is 14.1. The molecule has 0 aliphatic carbocycles. The second-order valence-corrected chi connectivity index (χ2v) is 6.75. The Morgan fingerprint density at radius 1 is 1.07 bits per heavy atom. The monoisotopic (exact) mass is 393 g/mol. The summed E-state index contributed by atoms with van der Waals surface area (Å²) in [6.45, 7) is 6.48. The molecule has 7 heteroatoms. The summed E-state index contributed by atoms with van der Waals surface area (Å²) in [4.78, 5) is 14.8. The zero-order chi connectivity index (χ0) is 20.4. The number of anilines is 1. The molecule has 0 atom stereocenters. The van der Waals surface area contributed by atoms with E-state index in [1.165, 1.54) is 0 Å². The smallest absolute Gasteiger partial charge is 0.257 e. The lowest BCUT2D eigenvalue weighted by molar-refractivity contribution is 0.0946. The maximum absolute atomic E-state index is 12.6. The molecule has 1 aromatic heterocycles. The van der Waals surface area contributed by atoms with Gasteiger partial charge in [-0.3, -0.25) is 10.2 Å². The molecule has 2 heterocycles. The van der Waals surface area contributed by atoms with Gasteiger partial charge in [-0.15, -0.1) is 0 Å². The summed E-state index contributed by atoms with van der Waals surface area (Å²) in [6.07, 6.45) is 0. The zero-order valence-electron chi connectivity index (χ0n) is 16.5. The minimum atomic E-state index is -0.355. The first-order valence-corrected chi connectivity index (χ1v) is 9.63. The predicted molar refractivity (Wildman–Crippen MR) is 109 cm³/mol. The molecule has 150 valence electrons. The first-order valence-electron chi connectivity index (χ1n) is 9.63. The largest absolute Gasteiger partial charge is 0.454 e. The van der Waals surface area contributed by atoms with Crippen LogP contribution in [0.3, 0.4) is 0 Å². The number of nitrogens with zero attached hydrogens (tertiary/aromatic N) is 1. The van der Waals surface area contributed by atoms with Gasteiger partial charge in [-0.1, -0.05) is 6.07 Å². The number of hydrogen-bond donors (Lipinski definition) is 2. The van der Waals surface area contributed by atoms with Crippen molar-refractivity contribution < 1.29 is 18.7 Å². The predicted octanol–water partition coefficient (Wildman–Crippen LogP) is 3.42. The average molecular weight is 393 g/mol. The van der Waals surface area contributed by atoms with Crippen LogP contribution < -0.4 is 25.2 Å². The molecule has 0 fully saturated rings. The van der Waals surface area contributed by atoms with Crippen LogP contribution in [-0.2, 0) is 6.54 Å². The van der Waals surface area contributed by atoms with Gasteiger partial charge in [0.15, 0.2) is 11.5 Å². The van der Waals surface area contributed by atoms with Crippen LogP contribution in [0.1, 0.15) is 29.8 Å². The Kier molecular flexibility index (Phi) is 5.12. The minimum Gasteiger partial charge on any atom is -0.454 e. The van der Waals surface area contributed by atoms with Crippen molar-refractivity contribution in [3.8, 4) is 11.5 Å². The van der Waals surface area contributed by atoms with Gasteiger partial charge in [-0.05, 0) is 49.7 Å². The Morgan fingerprint density at radius 3 is 2.66 bits per heavy atom. The van der Waals surface area contributed by atoms with Gasteiger partial charge in [-0.2, -0.15) is 0 Å². The average Bonchev–Trinajstić information content (AvgIpc) is 3.20. The number of amides is 1. The van der Waals surface area contributed by atoms with E-state index >= 15 is 0 Å². The molecule has 0 saturated carbocycles. The first kappa shape index (κ1) is 18.9. The molecule has 0 radical (unpaired) electrons. The molecule has 0 saturated heterocycles. The molecule has 1 amide bonds. The van der Waals surface area contributed by atoms with Crippen LogP contribution in [-0.4, -0.2) is 25.8 Å². The third-order valence-corrected chi connectivity index (χ3v) is 5.02. The van der Waals surface area contributed by atoms with Crippen molar-refractivity contribution in [3.63, 3.8) is 0 Å². The van der Waals surface area contributed by atoms with E-state index in [4.69, 9.17) is 19.3 Å². The molecule has 1 aliphatic heterocycles. The number of benzene rings is 2. The topological polar surface area (TPSA) is 87.8 Å². The van der Waals surface area contributed by atoms with E-state index in [0.717, 1.165) is 29.7 Å². The Bertz CT molecular complexity index is 1120. The summed E-state index contributed by atoms with van der Waals surface area (Å²) in [5, 5.41) is 11.8. The molecule has 0 spiro atoms. The summed E-state index contributed by atoms with van der Waals surface area (Å²) < 4.78 is 16.3. The standard InChI is InChI=1S/C22H23N3O4/c1-3-25(4-2)16-7-6-15-10-17(21(23)29-19(15)11-16)22(26)24-12-14-5-8-18-20(9-14)28-13-27-18/h5-11,23H,3-4,12-13H2,1-2H3,(H,24,26). The fourth-order valence-corrected chi connectivity index (χ4v) is 3.40. The fraction of sp³-hybridized carbons (Fsp3) is 0.273. The Hall–Kier alpha value is -3.48. The molecule has 29 heavy (non-hydrogen) atoms. The maximum Gasteiger partial charge on any atom is 0.257 e. The second-order valence-electron chi connectivity index (χ2n) is 6.75. The summed E-state index contributed by atoms with van der Waals surface area (Å²) >= 11 is 0. The van der Waals surface area contributed by atoms with Crippen molar-refractivity contribution in [1.82, 2.24) is 5.32 Å². The zero-order valence-corrected chi connectivity index (χ0v) is 16.5. The summed E-state index contributed by atoms with van der Waals surface area (Å²) in [6, 6.07) is 13.1. The van der Waals surface area contributed by atoms with Crippen molar-refractivity contribution >= 4 is 22.6 Å². The van der Waals surface area contributed by atoms with Crippen LogP contribution in [0.5, 0.6) is 11.5 Å². The summed E-state index contributed by atoms with van der Waals surface area (Å²) in [7, 11) is 0. The number of fused-ring (bicyclic) bond motifs is 2. The number of carbonyl (C=O) groups excluding carboxylic acids is 1. The molecule has 0 bridgehead atoms. The van der Waals surface area contributed by atoms with Gasteiger partial charge >= 0.3 is 0 Å². The quantitative estimate of drug-likeness (QED) is 0.670. The minimum absolute atomic E-state index is 0.155. The Balaban J connectivity index is 1.53. The Morgan fingerprint density at radius 2 is 1.86 bits per heavy atom. The second kappa shape index (κ2) is 7.87. The summed E-state index contributed by atoms with van der Waals surface area (Å²) in [5.41, 5.74) is 2.55. The van der Waals surface area contributed by atoms with E-state index in [1.807, 2.05) is 36.4 Å². The lowest BCUT2D eigenvalue weighted by atomic mass is 10.1. The molecule has 7 nitrogen and oxygen atoms in total. The van der Waals surface area contributed by atoms with Gasteiger partial charge in [-0.25, -0.2) is 0 Å². The normalized spacial score (nSPS) is 12.2. The van der Waals surface area contributed by atoms with Crippen molar-refractivity contribution in [2.24, 2.45) is 0 Å². The van der Waals surface area contributed by atoms with E-state index in [9.17, 15) is 4.79 Å². The van der Waals surface area contributed by atoms with Crippen molar-refractivity contribution in [2.75, 3.05) is 24.8 Å². The number of nitrogens with one attached hydrogen (secondary N) is 2. The highest BCUT2D eigenvalue weighted by Crippen LogP contribution is 2.32. The van der Waals surface area contributed by atoms with Crippen molar-refractivity contribution in [2.45, 2.75) is 20.4 Å². The summed E-state index contributed by atoms with van der Waals surface area (Å²) in [5.74, 6) is 1.01. The molecule has 0 unspecified atom stereocenters. The van der Waals surface area contributed by atoms with Crippen LogP contribution >= 0.6 is 0 Å². The highest BCUT2D eigenvalue weighted by molar-refractivity contribution is 5.96. The molecule has 1 aliphatic rings. The highest BCUT2D eigenvalue weighted by atomic mass is 16.7. The van der Waals surface area contributed by atoms with Crippen LogP contribution in [0.2, 0.25) is 0 Å². The van der Waals surface area contributed by atoms with Gasteiger partial charge in [0.2, 0.25) is 12.3 Å². The lowest BCUT2D eigenvalue weighted by Gasteiger charge is -2.21. The van der Waals surface area contributed by atoms with Gasteiger partial charge < -0.3 is 24.1 Å². The van der Waals surface area contributed by atoms with Crippen LogP contribution in [0.4, 0.5) is 5.69 Å². The fourth-order valence-electron chi connectivity index (χ4n) is 3.40. The van der Waals surface area contributed by atoms with E-state index in [0.29, 0.717) is 23.6 Å². The van der Waals surface area contributed by atoms with E-state index < -0.39 is 0 Å². The molecular weight excluding hydrogens is 370 g/mol. The van der Waals surface area contributed by atoms with E-state index in [1.54, 1.807) is 6.07 Å². The number of rotatable bonds is 6. The molecular formula is C22H23N3O4.